The van der Waals surface area contributed by atoms with Crippen molar-refractivity contribution in [3.05, 3.63) is 90.0 Å². The maximum Gasteiger partial charge on any atom is 0.251 e. The van der Waals surface area contributed by atoms with E-state index in [1.807, 2.05) is 6.92 Å². The number of nitrogens with one attached hydrogen (secondary N) is 3. The molecule has 3 saturated heterocycles. The molecule has 3 saturated carbocycles. The molecule has 3 aliphatic heterocycles. The number of hydrogen-bond donors (Lipinski definition) is 14. The SMILES string of the molecule is CCC1CC(C(=O)NCCn2cc(CNC(=O)C3CC(n4cc(-c5cccc(F)c5)nn4)C(O)[C@H](O[C@@H]4OC(CO)[C@H](O)C(N(N)/C=C(\N)c5cccc(F)c5)C4O)C3)nn2)C[C@@H](O[C@@H]2OC(O)[C@H](O)C(O[C@@H](CC3CCCCC3)C(=O)N(C)C)C2NC(C)=O)C1O[C@@H]1OC(C)[C@@H](O)C(O)C1O. The number of hydrogen-bond acceptors (Lipinski definition) is 27. The number of aliphatic hydroxyl groups is 9. The number of rotatable bonds is 26. The zero-order valence-corrected chi connectivity index (χ0v) is 57.4. The van der Waals surface area contributed by atoms with Crippen molar-refractivity contribution in [1.82, 2.24) is 55.8 Å². The summed E-state index contributed by atoms with van der Waals surface area (Å²) in [4.78, 5) is 57.0. The van der Waals surface area contributed by atoms with Crippen molar-refractivity contribution in [3.8, 4) is 11.3 Å². The number of ether oxygens (including phenoxy) is 7. The van der Waals surface area contributed by atoms with Crippen molar-refractivity contribution in [2.75, 3.05) is 27.2 Å². The van der Waals surface area contributed by atoms with Gasteiger partial charge in [0.1, 0.15) is 96.1 Å². The summed E-state index contributed by atoms with van der Waals surface area (Å²) in [5.41, 5.74) is 7.34. The molecule has 0 spiro atoms. The van der Waals surface area contributed by atoms with Gasteiger partial charge in [0.05, 0.1) is 68.2 Å². The van der Waals surface area contributed by atoms with Crippen LogP contribution in [0.4, 0.5) is 8.78 Å². The smallest absolute Gasteiger partial charge is 0.251 e. The van der Waals surface area contributed by atoms with Gasteiger partial charge in [-0.15, -0.1) is 10.2 Å². The molecule has 4 aromatic rings. The summed E-state index contributed by atoms with van der Waals surface area (Å²) in [6.45, 7) is 3.70. The Morgan fingerprint density at radius 1 is 0.755 bits per heavy atom. The first-order valence-corrected chi connectivity index (χ1v) is 34.7. The molecule has 33 nitrogen and oxygen atoms in total. The molecule has 6 fully saturated rings. The molecule has 2 aromatic heterocycles. The van der Waals surface area contributed by atoms with E-state index in [2.05, 4.69) is 36.6 Å². The molecule has 10 rings (SSSR count). The second kappa shape index (κ2) is 34.8. The van der Waals surface area contributed by atoms with Gasteiger partial charge in [-0.2, -0.15) is 0 Å². The van der Waals surface area contributed by atoms with Crippen LogP contribution in [0.15, 0.2) is 67.1 Å². The number of nitrogens with zero attached hydrogens (tertiary/aromatic N) is 8. The molecule has 15 unspecified atom stereocenters. The van der Waals surface area contributed by atoms with Crippen LogP contribution in [-0.2, 0) is 65.4 Å². The molecular formula is C67H97F2N13O20. The topological polar surface area (TPSA) is 471 Å². The van der Waals surface area contributed by atoms with Crippen LogP contribution in [0.25, 0.3) is 17.0 Å². The number of aliphatic hydroxyl groups excluding tert-OH is 9. The quantitative estimate of drug-likeness (QED) is 0.0245. The summed E-state index contributed by atoms with van der Waals surface area (Å²) >= 11 is 0. The van der Waals surface area contributed by atoms with Crippen LogP contribution in [0.3, 0.4) is 0 Å². The molecule has 0 bridgehead atoms. The van der Waals surface area contributed by atoms with Crippen molar-refractivity contribution in [2.45, 2.75) is 233 Å². The van der Waals surface area contributed by atoms with Crippen LogP contribution in [0.2, 0.25) is 0 Å². The maximum atomic E-state index is 14.4. The van der Waals surface area contributed by atoms with Crippen molar-refractivity contribution < 1.29 is 107 Å². The molecule has 564 valence electrons. The average Bonchev–Trinajstić information content (AvgIpc) is 0.907. The van der Waals surface area contributed by atoms with Gasteiger partial charge in [0.25, 0.3) is 5.91 Å². The van der Waals surface area contributed by atoms with Crippen LogP contribution in [-0.4, -0.2) is 259 Å². The predicted molar refractivity (Wildman–Crippen MR) is 351 cm³/mol. The van der Waals surface area contributed by atoms with Crippen LogP contribution >= 0.6 is 0 Å². The minimum Gasteiger partial charge on any atom is -0.397 e. The second-order valence-electron chi connectivity index (χ2n) is 27.7. The third-order valence-corrected chi connectivity index (χ3v) is 20.2. The maximum absolute atomic E-state index is 14.4. The third-order valence-electron chi connectivity index (χ3n) is 20.2. The lowest BCUT2D eigenvalue weighted by Gasteiger charge is -2.48. The van der Waals surface area contributed by atoms with Crippen molar-refractivity contribution in [1.29, 1.82) is 0 Å². The number of nitrogens with two attached hydrogens (primary N) is 2. The summed E-state index contributed by atoms with van der Waals surface area (Å²) in [7, 11) is 3.14. The predicted octanol–water partition coefficient (Wildman–Crippen LogP) is -1.73. The van der Waals surface area contributed by atoms with Gasteiger partial charge >= 0.3 is 0 Å². The van der Waals surface area contributed by atoms with Crippen molar-refractivity contribution >= 4 is 29.3 Å². The highest BCUT2D eigenvalue weighted by atomic mass is 19.1. The Morgan fingerprint density at radius 3 is 2.14 bits per heavy atom. The molecule has 24 atom stereocenters. The lowest BCUT2D eigenvalue weighted by Crippen LogP contribution is -2.67. The monoisotopic (exact) mass is 1440 g/mol. The van der Waals surface area contributed by atoms with Gasteiger partial charge in [0, 0.05) is 56.7 Å². The third kappa shape index (κ3) is 18.6. The van der Waals surface area contributed by atoms with Gasteiger partial charge in [-0.3, -0.25) is 23.9 Å². The van der Waals surface area contributed by atoms with Crippen LogP contribution in [0, 0.1) is 35.3 Å². The van der Waals surface area contributed by atoms with E-state index in [1.165, 1.54) is 70.7 Å². The zero-order valence-electron chi connectivity index (χ0n) is 57.4. The summed E-state index contributed by atoms with van der Waals surface area (Å²) in [5, 5.41) is 127. The van der Waals surface area contributed by atoms with Gasteiger partial charge < -0.3 is 111 Å². The first kappa shape index (κ1) is 77.7. The fourth-order valence-corrected chi connectivity index (χ4v) is 14.6. The minimum absolute atomic E-state index is 0.0115. The van der Waals surface area contributed by atoms with Crippen LogP contribution < -0.4 is 27.5 Å². The number of amides is 4. The summed E-state index contributed by atoms with van der Waals surface area (Å²) in [6, 6.07) is 7.00. The highest BCUT2D eigenvalue weighted by Crippen LogP contribution is 2.42. The summed E-state index contributed by atoms with van der Waals surface area (Å²) in [5.74, 6) is 1.12. The van der Waals surface area contributed by atoms with E-state index < -0.39 is 188 Å². The van der Waals surface area contributed by atoms with Gasteiger partial charge in [-0.05, 0) is 75.1 Å². The molecule has 2 aromatic carbocycles. The summed E-state index contributed by atoms with van der Waals surface area (Å²) in [6.07, 6.45) is -17.5. The van der Waals surface area contributed by atoms with E-state index in [4.69, 9.17) is 44.7 Å². The molecule has 102 heavy (non-hydrogen) atoms. The van der Waals surface area contributed by atoms with Crippen molar-refractivity contribution in [2.24, 2.45) is 35.2 Å². The zero-order chi connectivity index (χ0) is 73.4. The van der Waals surface area contributed by atoms with Gasteiger partial charge in [0.15, 0.2) is 25.2 Å². The largest absolute Gasteiger partial charge is 0.397 e. The van der Waals surface area contributed by atoms with E-state index in [-0.39, 0.29) is 68.2 Å². The molecule has 35 heteroatoms. The fraction of sp³-hybridized carbons (Fsp3) is 0.672. The van der Waals surface area contributed by atoms with E-state index >= 15 is 0 Å². The number of aromatic nitrogens is 6. The standard InChI is InChI=1S/C67H97F2N13O20/c1-6-35-21-38(26-47(59(35)101-67-57(90)56(89)52(85)32(2)96-67)99-65-50(74-33(3)84)60(58(91)64(95)102-65)97-48(63(94)79(4)5)20-34-12-8-7-9-13-34)61(92)72-18-19-80-28-42(75-77-80)27-73-62(93)39-24-45(82-30-44(76-78-82)37-15-11-17-41(69)23-37)53(86)46(25-39)98-66-55(88)51(54(87)49(31-83)100-66)81(71)29-43(70)36-14-10-16-40(68)22-36/h10-11,14-17,22-23,28-30,32,34-35,38-39,45-60,64-67,83,85-91,95H,6-9,12-13,18-21,24-27,31,70-71H2,1-5H3,(H,72,92)(H,73,93)(H,74,84)/b43-29-/t32?,35?,38?,39?,45?,46-,47-,48+,49?,50?,51?,52-,53?,54+,55?,56?,57?,58-,59?,60?,64?,65-,66-,67+/m1/s1. The van der Waals surface area contributed by atoms with E-state index in [1.54, 1.807) is 26.4 Å². The highest BCUT2D eigenvalue weighted by Gasteiger charge is 2.54. The Morgan fingerprint density at radius 2 is 1.44 bits per heavy atom. The fourth-order valence-electron chi connectivity index (χ4n) is 14.6. The van der Waals surface area contributed by atoms with Gasteiger partial charge in [-0.25, -0.2) is 19.3 Å². The molecule has 6 aliphatic rings. The van der Waals surface area contributed by atoms with E-state index in [9.17, 15) is 73.9 Å². The number of likely N-dealkylation sites (N-methyl/N-ethyl adjacent to an activating group) is 1. The van der Waals surface area contributed by atoms with E-state index in [0.29, 0.717) is 24.1 Å². The number of hydrazine groups is 1. The number of halogens is 2. The first-order valence-electron chi connectivity index (χ1n) is 34.7. The first-order chi connectivity index (χ1) is 48.7. The highest BCUT2D eigenvalue weighted by molar-refractivity contribution is 5.81. The number of carbonyl (C=O) groups excluding carboxylic acids is 4. The average molecular weight is 1440 g/mol. The Balaban J connectivity index is 0.815. The number of benzene rings is 2. The Hall–Kier alpha value is -6.88. The summed E-state index contributed by atoms with van der Waals surface area (Å²) < 4.78 is 75.0. The second-order valence-corrected chi connectivity index (χ2v) is 27.7. The van der Waals surface area contributed by atoms with E-state index in [0.717, 1.165) is 49.4 Å². The molecule has 4 amide bonds. The molecule has 16 N–H and O–H groups in total. The van der Waals surface area contributed by atoms with Crippen LogP contribution in [0.1, 0.15) is 109 Å². The Bertz CT molecular complexity index is 3470. The molecular weight excluding hydrogens is 1340 g/mol. The normalized spacial score (nSPS) is 34.3. The van der Waals surface area contributed by atoms with Crippen LogP contribution in [0.5, 0.6) is 0 Å². The lowest BCUT2D eigenvalue weighted by molar-refractivity contribution is -0.354. The van der Waals surface area contributed by atoms with Crippen molar-refractivity contribution in [3.63, 3.8) is 0 Å². The lowest BCUT2D eigenvalue weighted by atomic mass is 9.75. The van der Waals surface area contributed by atoms with Gasteiger partial charge in [-0.1, -0.05) is 80.1 Å². The Kier molecular flexibility index (Phi) is 26.5. The van der Waals surface area contributed by atoms with Gasteiger partial charge in [0.2, 0.25) is 17.7 Å². The number of carbonyl (C=O) groups is 4. The Labute approximate surface area is 587 Å². The minimum atomic E-state index is -1.97. The molecule has 0 radical (unpaired) electrons. The molecule has 3 aliphatic carbocycles. The molecule has 5 heterocycles.